The molecule has 0 aliphatic carbocycles. The van der Waals surface area contributed by atoms with Crippen LogP contribution >= 0.6 is 11.3 Å². The number of nitrogens with one attached hydrogen (secondary N) is 1. The monoisotopic (exact) mass is 291 g/mol. The first-order valence-electron chi connectivity index (χ1n) is 5.67. The number of unbranched alkanes of at least 4 members (excludes halogenated alkanes) is 1. The Labute approximate surface area is 111 Å². The molecule has 1 aromatic heterocycles. The molecule has 0 aromatic carbocycles. The third-order valence-electron chi connectivity index (χ3n) is 2.41. The number of aliphatic carboxylic acids is 1. The largest absolute Gasteiger partial charge is 0.480 e. The normalized spacial score (nSPS) is 13.4. The summed E-state index contributed by atoms with van der Waals surface area (Å²) < 4.78 is 26.3. The van der Waals surface area contributed by atoms with E-state index in [9.17, 15) is 13.2 Å². The van der Waals surface area contributed by atoms with Gasteiger partial charge >= 0.3 is 5.97 Å². The second kappa shape index (κ2) is 6.31. The van der Waals surface area contributed by atoms with E-state index in [1.807, 2.05) is 6.92 Å². The lowest BCUT2D eigenvalue weighted by molar-refractivity contribution is -0.139. The van der Waals surface area contributed by atoms with E-state index < -0.39 is 22.0 Å². The van der Waals surface area contributed by atoms with E-state index in [0.29, 0.717) is 12.8 Å². The van der Waals surface area contributed by atoms with E-state index in [1.54, 1.807) is 12.3 Å². The maximum atomic E-state index is 12.0. The van der Waals surface area contributed by atoms with E-state index in [4.69, 9.17) is 5.11 Å². The van der Waals surface area contributed by atoms with Crippen molar-refractivity contribution in [2.24, 2.45) is 0 Å². The molecule has 18 heavy (non-hydrogen) atoms. The SMILES string of the molecule is CCCCC(NS(=O)(=O)c1cc(C)cs1)C(=O)O. The van der Waals surface area contributed by atoms with E-state index in [2.05, 4.69) is 4.72 Å². The fraction of sp³-hybridized carbons (Fsp3) is 0.545. The molecule has 0 aliphatic rings. The quantitative estimate of drug-likeness (QED) is 0.804. The number of rotatable bonds is 7. The molecule has 0 aliphatic heterocycles. The predicted molar refractivity (Wildman–Crippen MR) is 70.3 cm³/mol. The molecule has 1 heterocycles. The molecule has 7 heteroatoms. The molecular weight excluding hydrogens is 274 g/mol. The summed E-state index contributed by atoms with van der Waals surface area (Å²) in [5.41, 5.74) is 0.848. The summed E-state index contributed by atoms with van der Waals surface area (Å²) in [5.74, 6) is -1.14. The van der Waals surface area contributed by atoms with Gasteiger partial charge in [0.1, 0.15) is 10.3 Å². The van der Waals surface area contributed by atoms with Crippen LogP contribution in [0, 0.1) is 6.92 Å². The lowest BCUT2D eigenvalue weighted by Gasteiger charge is -2.13. The fourth-order valence-corrected chi connectivity index (χ4v) is 3.90. The van der Waals surface area contributed by atoms with Gasteiger partial charge in [0, 0.05) is 0 Å². The Morgan fingerprint density at radius 2 is 2.22 bits per heavy atom. The molecule has 1 aromatic rings. The number of carboxylic acids is 1. The van der Waals surface area contributed by atoms with Gasteiger partial charge < -0.3 is 5.11 Å². The van der Waals surface area contributed by atoms with Crippen molar-refractivity contribution in [2.75, 3.05) is 0 Å². The minimum Gasteiger partial charge on any atom is -0.480 e. The number of thiophene rings is 1. The Bertz CT molecular complexity index is 507. The minimum absolute atomic E-state index is 0.155. The van der Waals surface area contributed by atoms with Crippen molar-refractivity contribution in [3.63, 3.8) is 0 Å². The zero-order valence-electron chi connectivity index (χ0n) is 10.3. The van der Waals surface area contributed by atoms with E-state index in [1.165, 1.54) is 6.07 Å². The summed E-state index contributed by atoms with van der Waals surface area (Å²) in [6.45, 7) is 3.72. The Morgan fingerprint density at radius 1 is 1.56 bits per heavy atom. The van der Waals surface area contributed by atoms with Gasteiger partial charge in [-0.2, -0.15) is 4.72 Å². The molecule has 0 bridgehead atoms. The molecule has 1 rings (SSSR count). The molecule has 0 saturated heterocycles. The molecule has 0 fully saturated rings. The van der Waals surface area contributed by atoms with Crippen LogP contribution in [0.15, 0.2) is 15.7 Å². The molecule has 1 unspecified atom stereocenters. The average Bonchev–Trinajstić information content (AvgIpc) is 2.71. The average molecular weight is 291 g/mol. The van der Waals surface area contributed by atoms with Crippen molar-refractivity contribution >= 4 is 27.3 Å². The van der Waals surface area contributed by atoms with Crippen molar-refractivity contribution in [2.45, 2.75) is 43.4 Å². The molecular formula is C11H17NO4S2. The molecule has 0 saturated carbocycles. The van der Waals surface area contributed by atoms with Crippen molar-refractivity contribution in [3.8, 4) is 0 Å². The van der Waals surface area contributed by atoms with Gasteiger partial charge in [-0.05, 0) is 30.4 Å². The van der Waals surface area contributed by atoms with Gasteiger partial charge in [-0.25, -0.2) is 8.42 Å². The van der Waals surface area contributed by atoms with Gasteiger partial charge in [-0.1, -0.05) is 19.8 Å². The summed E-state index contributed by atoms with van der Waals surface area (Å²) in [5, 5.41) is 10.7. The highest BCUT2D eigenvalue weighted by molar-refractivity contribution is 7.91. The van der Waals surface area contributed by atoms with Gasteiger partial charge in [-0.15, -0.1) is 11.3 Å². The molecule has 102 valence electrons. The van der Waals surface area contributed by atoms with Gasteiger partial charge in [0.2, 0.25) is 0 Å². The van der Waals surface area contributed by atoms with Crippen LogP contribution in [0.25, 0.3) is 0 Å². The summed E-state index contributed by atoms with van der Waals surface area (Å²) in [7, 11) is -3.73. The van der Waals surface area contributed by atoms with Crippen LogP contribution in [-0.2, 0) is 14.8 Å². The first-order chi connectivity index (χ1) is 8.36. The van der Waals surface area contributed by atoms with Crippen LogP contribution in [-0.4, -0.2) is 25.5 Å². The maximum Gasteiger partial charge on any atom is 0.321 e. The topological polar surface area (TPSA) is 83.5 Å². The first kappa shape index (κ1) is 15.1. The number of carboxylic acid groups (broad SMARTS) is 1. The summed E-state index contributed by atoms with van der Waals surface area (Å²) in [6, 6.07) is 0.475. The predicted octanol–water partition coefficient (Wildman–Crippen LogP) is 1.98. The van der Waals surface area contributed by atoms with Crippen molar-refractivity contribution < 1.29 is 18.3 Å². The number of aryl methyl sites for hydroxylation is 1. The number of hydrogen-bond donors (Lipinski definition) is 2. The Hall–Kier alpha value is -0.920. The molecule has 5 nitrogen and oxygen atoms in total. The van der Waals surface area contributed by atoms with E-state index in [0.717, 1.165) is 23.3 Å². The third kappa shape index (κ3) is 4.08. The highest BCUT2D eigenvalue weighted by Crippen LogP contribution is 2.20. The van der Waals surface area contributed by atoms with Crippen molar-refractivity contribution in [3.05, 3.63) is 17.0 Å². The highest BCUT2D eigenvalue weighted by Gasteiger charge is 2.25. The van der Waals surface area contributed by atoms with Gasteiger partial charge in [0.25, 0.3) is 10.0 Å². The summed E-state index contributed by atoms with van der Waals surface area (Å²) in [6.07, 6.45) is 1.79. The summed E-state index contributed by atoms with van der Waals surface area (Å²) in [4.78, 5) is 11.0. The van der Waals surface area contributed by atoms with Crippen molar-refractivity contribution in [1.29, 1.82) is 0 Å². The van der Waals surface area contributed by atoms with Gasteiger partial charge in [-0.3, -0.25) is 4.79 Å². The third-order valence-corrected chi connectivity index (χ3v) is 5.44. The Morgan fingerprint density at radius 3 is 2.67 bits per heavy atom. The Kier molecular flexibility index (Phi) is 5.30. The maximum absolute atomic E-state index is 12.0. The standard InChI is InChI=1S/C11H17NO4S2/c1-3-4-5-9(11(13)14)12-18(15,16)10-6-8(2)7-17-10/h6-7,9,12H,3-5H2,1-2H3,(H,13,14). The smallest absolute Gasteiger partial charge is 0.321 e. The van der Waals surface area contributed by atoms with Crippen LogP contribution in [0.3, 0.4) is 0 Å². The lowest BCUT2D eigenvalue weighted by atomic mass is 10.1. The second-order valence-electron chi connectivity index (χ2n) is 4.10. The number of hydrogen-bond acceptors (Lipinski definition) is 4. The zero-order valence-corrected chi connectivity index (χ0v) is 12.0. The van der Waals surface area contributed by atoms with Gasteiger partial charge in [0.15, 0.2) is 0 Å². The highest BCUT2D eigenvalue weighted by atomic mass is 32.2. The summed E-state index contributed by atoms with van der Waals surface area (Å²) >= 11 is 1.09. The van der Waals surface area contributed by atoms with Crippen LogP contribution in [0.4, 0.5) is 0 Å². The van der Waals surface area contributed by atoms with Crippen molar-refractivity contribution in [1.82, 2.24) is 4.72 Å². The first-order valence-corrected chi connectivity index (χ1v) is 8.03. The van der Waals surface area contributed by atoms with Crippen LogP contribution in [0.5, 0.6) is 0 Å². The van der Waals surface area contributed by atoms with Gasteiger partial charge in [0.05, 0.1) is 0 Å². The zero-order chi connectivity index (χ0) is 13.8. The van der Waals surface area contributed by atoms with Crippen LogP contribution < -0.4 is 4.72 Å². The number of carbonyl (C=O) groups is 1. The van der Waals surface area contributed by atoms with E-state index in [-0.39, 0.29) is 4.21 Å². The molecule has 0 spiro atoms. The Balaban J connectivity index is 2.82. The molecule has 1 atom stereocenters. The van der Waals surface area contributed by atoms with Crippen LogP contribution in [0.1, 0.15) is 31.7 Å². The minimum atomic E-state index is -3.73. The number of sulfonamides is 1. The van der Waals surface area contributed by atoms with Crippen LogP contribution in [0.2, 0.25) is 0 Å². The molecule has 0 radical (unpaired) electrons. The molecule has 0 amide bonds. The van der Waals surface area contributed by atoms with E-state index >= 15 is 0 Å². The fourth-order valence-electron chi connectivity index (χ4n) is 1.43. The lowest BCUT2D eigenvalue weighted by Crippen LogP contribution is -2.40. The second-order valence-corrected chi connectivity index (χ2v) is 6.95. The molecule has 2 N–H and O–H groups in total.